The van der Waals surface area contributed by atoms with E-state index in [2.05, 4.69) is 26.3 Å². The van der Waals surface area contributed by atoms with E-state index in [1.165, 1.54) is 19.4 Å². The van der Waals surface area contributed by atoms with Gasteiger partial charge in [0, 0.05) is 17.3 Å². The SMILES string of the molecule is COc1ncccc1C(NN)c1c(F)ccc(Br)c1F. The molecule has 3 N–H and O–H groups in total. The minimum absolute atomic E-state index is 0.150. The van der Waals surface area contributed by atoms with Gasteiger partial charge in [0.15, 0.2) is 0 Å². The first kappa shape index (κ1) is 14.8. The molecule has 2 aromatic rings. The number of ether oxygens (including phenoxy) is 1. The van der Waals surface area contributed by atoms with Crippen LogP contribution in [-0.4, -0.2) is 12.1 Å². The number of nitrogens with two attached hydrogens (primary N) is 1. The average Bonchev–Trinajstić information content (AvgIpc) is 2.47. The molecule has 0 bridgehead atoms. The van der Waals surface area contributed by atoms with Gasteiger partial charge < -0.3 is 4.74 Å². The largest absolute Gasteiger partial charge is 0.481 e. The molecule has 0 aliphatic carbocycles. The summed E-state index contributed by atoms with van der Waals surface area (Å²) in [5.74, 6) is 4.28. The molecule has 1 atom stereocenters. The lowest BCUT2D eigenvalue weighted by molar-refractivity contribution is 0.385. The second-order valence-electron chi connectivity index (χ2n) is 3.96. The smallest absolute Gasteiger partial charge is 0.218 e. The van der Waals surface area contributed by atoms with E-state index in [1.54, 1.807) is 12.1 Å². The van der Waals surface area contributed by atoms with Gasteiger partial charge in [0.25, 0.3) is 0 Å². The third-order valence-corrected chi connectivity index (χ3v) is 3.45. The topological polar surface area (TPSA) is 60.2 Å². The average molecular weight is 344 g/mol. The number of hydrogen-bond donors (Lipinski definition) is 2. The summed E-state index contributed by atoms with van der Waals surface area (Å²) in [5, 5.41) is 0. The van der Waals surface area contributed by atoms with Gasteiger partial charge >= 0.3 is 0 Å². The Bertz CT molecular complexity index is 625. The Balaban J connectivity index is 2.62. The van der Waals surface area contributed by atoms with Crippen molar-refractivity contribution in [1.82, 2.24) is 10.4 Å². The minimum Gasteiger partial charge on any atom is -0.481 e. The number of hydrazine groups is 1. The van der Waals surface area contributed by atoms with Crippen LogP contribution in [0.25, 0.3) is 0 Å². The van der Waals surface area contributed by atoms with Crippen molar-refractivity contribution < 1.29 is 13.5 Å². The molecule has 4 nitrogen and oxygen atoms in total. The first-order chi connectivity index (χ1) is 9.60. The minimum atomic E-state index is -0.920. The molecular formula is C13H12BrF2N3O. The van der Waals surface area contributed by atoms with Gasteiger partial charge in [-0.05, 0) is 34.1 Å². The number of aromatic nitrogens is 1. The predicted molar refractivity (Wildman–Crippen MR) is 74.0 cm³/mol. The maximum absolute atomic E-state index is 14.2. The Labute approximate surface area is 123 Å². The molecule has 106 valence electrons. The molecule has 0 saturated heterocycles. The van der Waals surface area contributed by atoms with Crippen LogP contribution in [0.3, 0.4) is 0 Å². The molecular weight excluding hydrogens is 332 g/mol. The van der Waals surface area contributed by atoms with Crippen LogP contribution in [0.4, 0.5) is 8.78 Å². The highest BCUT2D eigenvalue weighted by Crippen LogP contribution is 2.33. The molecule has 0 aliphatic rings. The lowest BCUT2D eigenvalue weighted by Gasteiger charge is -2.20. The van der Waals surface area contributed by atoms with Gasteiger partial charge in [-0.25, -0.2) is 19.2 Å². The zero-order valence-electron chi connectivity index (χ0n) is 10.5. The van der Waals surface area contributed by atoms with Crippen LogP contribution in [0.2, 0.25) is 0 Å². The van der Waals surface area contributed by atoms with Gasteiger partial charge in [0.2, 0.25) is 5.88 Å². The van der Waals surface area contributed by atoms with Crippen molar-refractivity contribution in [2.75, 3.05) is 7.11 Å². The number of methoxy groups -OCH3 is 1. The molecule has 0 aliphatic heterocycles. The standard InChI is InChI=1S/C13H12BrF2N3O/c1-20-13-7(3-2-6-18-13)12(19-17)10-9(15)5-4-8(14)11(10)16/h2-6,12,19H,17H2,1H3. The number of halogens is 3. The van der Waals surface area contributed by atoms with E-state index in [1.807, 2.05) is 0 Å². The second-order valence-corrected chi connectivity index (χ2v) is 4.81. The number of nitrogens with one attached hydrogen (secondary N) is 1. The van der Waals surface area contributed by atoms with E-state index < -0.39 is 17.7 Å². The van der Waals surface area contributed by atoms with Crippen molar-refractivity contribution >= 4 is 15.9 Å². The van der Waals surface area contributed by atoms with Crippen LogP contribution in [0.5, 0.6) is 5.88 Å². The fraction of sp³-hybridized carbons (Fsp3) is 0.154. The molecule has 2 rings (SSSR count). The van der Waals surface area contributed by atoms with E-state index in [9.17, 15) is 8.78 Å². The van der Waals surface area contributed by atoms with Gasteiger partial charge in [0.1, 0.15) is 11.6 Å². The lowest BCUT2D eigenvalue weighted by atomic mass is 9.99. The van der Waals surface area contributed by atoms with Crippen molar-refractivity contribution in [3.8, 4) is 5.88 Å². The number of benzene rings is 1. The zero-order chi connectivity index (χ0) is 14.7. The zero-order valence-corrected chi connectivity index (χ0v) is 12.1. The van der Waals surface area contributed by atoms with Crippen molar-refractivity contribution in [1.29, 1.82) is 0 Å². The van der Waals surface area contributed by atoms with Crippen molar-refractivity contribution in [3.05, 3.63) is 57.7 Å². The fourth-order valence-corrected chi connectivity index (χ4v) is 2.28. The summed E-state index contributed by atoms with van der Waals surface area (Å²) in [6.07, 6.45) is 1.52. The van der Waals surface area contributed by atoms with Crippen LogP contribution in [-0.2, 0) is 0 Å². The van der Waals surface area contributed by atoms with E-state index in [4.69, 9.17) is 10.6 Å². The summed E-state index contributed by atoms with van der Waals surface area (Å²) in [7, 11) is 1.42. The summed E-state index contributed by atoms with van der Waals surface area (Å²) < 4.78 is 33.4. The number of rotatable bonds is 4. The van der Waals surface area contributed by atoms with E-state index >= 15 is 0 Å². The van der Waals surface area contributed by atoms with Crippen molar-refractivity contribution in [2.24, 2.45) is 5.84 Å². The summed E-state index contributed by atoms with van der Waals surface area (Å²) in [6, 6.07) is 4.81. The highest BCUT2D eigenvalue weighted by atomic mass is 79.9. The molecule has 0 saturated carbocycles. The first-order valence-electron chi connectivity index (χ1n) is 5.68. The summed E-state index contributed by atoms with van der Waals surface area (Å²) in [5.41, 5.74) is 2.63. The maximum Gasteiger partial charge on any atom is 0.218 e. The lowest BCUT2D eigenvalue weighted by Crippen LogP contribution is -2.31. The summed E-state index contributed by atoms with van der Waals surface area (Å²) in [4.78, 5) is 4.00. The molecule has 7 heteroatoms. The van der Waals surface area contributed by atoms with Crippen LogP contribution in [0.15, 0.2) is 34.9 Å². The van der Waals surface area contributed by atoms with Gasteiger partial charge in [-0.1, -0.05) is 6.07 Å². The van der Waals surface area contributed by atoms with Gasteiger partial charge in [-0.3, -0.25) is 5.84 Å². The molecule has 0 radical (unpaired) electrons. The molecule has 1 unspecified atom stereocenters. The molecule has 0 fully saturated rings. The van der Waals surface area contributed by atoms with Crippen LogP contribution in [0.1, 0.15) is 17.2 Å². The summed E-state index contributed by atoms with van der Waals surface area (Å²) in [6.45, 7) is 0. The highest BCUT2D eigenvalue weighted by molar-refractivity contribution is 9.10. The summed E-state index contributed by atoms with van der Waals surface area (Å²) >= 11 is 3.03. The van der Waals surface area contributed by atoms with E-state index in [0.717, 1.165) is 6.07 Å². The fourth-order valence-electron chi connectivity index (χ4n) is 1.93. The first-order valence-corrected chi connectivity index (χ1v) is 6.47. The maximum atomic E-state index is 14.2. The molecule has 1 aromatic heterocycles. The highest BCUT2D eigenvalue weighted by Gasteiger charge is 2.25. The van der Waals surface area contributed by atoms with Gasteiger partial charge in [-0.15, -0.1) is 0 Å². The predicted octanol–water partition coefficient (Wildman–Crippen LogP) is 2.68. The van der Waals surface area contributed by atoms with Crippen molar-refractivity contribution in [2.45, 2.75) is 6.04 Å². The molecule has 1 heterocycles. The third kappa shape index (κ3) is 2.65. The Morgan fingerprint density at radius 3 is 2.75 bits per heavy atom. The third-order valence-electron chi connectivity index (χ3n) is 2.84. The Morgan fingerprint density at radius 2 is 2.10 bits per heavy atom. The molecule has 1 aromatic carbocycles. The quantitative estimate of drug-likeness (QED) is 0.509. The van der Waals surface area contributed by atoms with E-state index in [0.29, 0.717) is 5.56 Å². The van der Waals surface area contributed by atoms with Crippen LogP contribution >= 0.6 is 15.9 Å². The van der Waals surface area contributed by atoms with Gasteiger partial charge in [-0.2, -0.15) is 0 Å². The Hall–Kier alpha value is -1.57. The normalized spacial score (nSPS) is 12.2. The Morgan fingerprint density at radius 1 is 1.35 bits per heavy atom. The van der Waals surface area contributed by atoms with Crippen molar-refractivity contribution in [3.63, 3.8) is 0 Å². The number of hydrogen-bond acceptors (Lipinski definition) is 4. The molecule has 20 heavy (non-hydrogen) atoms. The monoisotopic (exact) mass is 343 g/mol. The second kappa shape index (κ2) is 6.25. The number of pyridine rings is 1. The molecule has 0 amide bonds. The number of nitrogens with zero attached hydrogens (tertiary/aromatic N) is 1. The van der Waals surface area contributed by atoms with Gasteiger partial charge in [0.05, 0.1) is 17.6 Å². The van der Waals surface area contributed by atoms with E-state index in [-0.39, 0.29) is 15.9 Å². The Kier molecular flexibility index (Phi) is 4.64. The van der Waals surface area contributed by atoms with Crippen LogP contribution in [0, 0.1) is 11.6 Å². The van der Waals surface area contributed by atoms with Crippen LogP contribution < -0.4 is 16.0 Å². The molecule has 0 spiro atoms.